The van der Waals surface area contributed by atoms with Crippen LogP contribution >= 0.6 is 11.8 Å². The summed E-state index contributed by atoms with van der Waals surface area (Å²) in [5.74, 6) is 5.04. The summed E-state index contributed by atoms with van der Waals surface area (Å²) in [6, 6.07) is 4.64. The number of aliphatic hydroxyl groups excluding tert-OH is 1. The van der Waals surface area contributed by atoms with Crippen LogP contribution in [0.5, 0.6) is 0 Å². The third-order valence-corrected chi connectivity index (χ3v) is 3.10. The van der Waals surface area contributed by atoms with Crippen LogP contribution < -0.4 is 0 Å². The second-order valence-electron chi connectivity index (χ2n) is 3.56. The molecule has 0 aromatic heterocycles. The Hall–Kier alpha value is -1.51. The first-order chi connectivity index (χ1) is 9.17. The van der Waals surface area contributed by atoms with Gasteiger partial charge in [-0.1, -0.05) is 17.9 Å². The molecule has 0 bridgehead atoms. The second-order valence-corrected chi connectivity index (χ2v) is 4.55. The number of carbonyl (C=O) groups excluding carboxylic acids is 1. The molecule has 0 radical (unpaired) electrons. The molecular weight excluding hydrogens is 267 g/mol. The van der Waals surface area contributed by atoms with Crippen LogP contribution in [-0.4, -0.2) is 30.0 Å². The molecule has 102 valence electrons. The zero-order valence-electron chi connectivity index (χ0n) is 10.6. The maximum atomic E-state index is 13.7. The molecule has 3 nitrogen and oxygen atoms in total. The van der Waals surface area contributed by atoms with Crippen molar-refractivity contribution in [3.63, 3.8) is 0 Å². The maximum Gasteiger partial charge on any atom is 0.315 e. The molecular formula is C14H15FO3S. The Morgan fingerprint density at radius 2 is 2.32 bits per heavy atom. The number of benzene rings is 1. The minimum absolute atomic E-state index is 0.208. The summed E-state index contributed by atoms with van der Waals surface area (Å²) < 4.78 is 18.5. The predicted molar refractivity (Wildman–Crippen MR) is 73.2 cm³/mol. The van der Waals surface area contributed by atoms with Crippen molar-refractivity contribution in [3.05, 3.63) is 35.1 Å². The molecule has 0 aliphatic carbocycles. The molecule has 19 heavy (non-hydrogen) atoms. The quantitative estimate of drug-likeness (QED) is 0.662. The van der Waals surface area contributed by atoms with Crippen LogP contribution in [0, 0.1) is 17.7 Å². The smallest absolute Gasteiger partial charge is 0.315 e. The van der Waals surface area contributed by atoms with E-state index in [-0.39, 0.29) is 24.1 Å². The van der Waals surface area contributed by atoms with E-state index >= 15 is 0 Å². The molecule has 0 saturated carbocycles. The normalized spacial score (nSPS) is 9.63. The summed E-state index contributed by atoms with van der Waals surface area (Å²) in [4.78, 5) is 11.1. The van der Waals surface area contributed by atoms with Gasteiger partial charge in [0.05, 0.1) is 12.4 Å². The molecule has 1 rings (SSSR count). The number of rotatable bonds is 5. The van der Waals surface area contributed by atoms with Gasteiger partial charge < -0.3 is 9.84 Å². The van der Waals surface area contributed by atoms with Gasteiger partial charge in [0, 0.05) is 11.3 Å². The van der Waals surface area contributed by atoms with E-state index in [1.807, 2.05) is 0 Å². The van der Waals surface area contributed by atoms with Crippen molar-refractivity contribution in [1.29, 1.82) is 0 Å². The Kier molecular flexibility index (Phi) is 7.01. The van der Waals surface area contributed by atoms with E-state index in [4.69, 9.17) is 9.84 Å². The molecule has 0 amide bonds. The molecule has 0 spiro atoms. The number of esters is 1. The number of thioether (sulfide) groups is 1. The molecule has 0 fully saturated rings. The summed E-state index contributed by atoms with van der Waals surface area (Å²) in [6.07, 6.45) is 0. The molecule has 1 aromatic rings. The minimum Gasteiger partial charge on any atom is -0.465 e. The fourth-order valence-electron chi connectivity index (χ4n) is 1.33. The Morgan fingerprint density at radius 3 is 2.95 bits per heavy atom. The largest absolute Gasteiger partial charge is 0.465 e. The first kappa shape index (κ1) is 15.5. The molecule has 0 atom stereocenters. The fraction of sp³-hybridized carbons (Fsp3) is 0.357. The number of halogens is 1. The van der Waals surface area contributed by atoms with Crippen LogP contribution in [0.1, 0.15) is 18.1 Å². The second kappa shape index (κ2) is 8.57. The summed E-state index contributed by atoms with van der Waals surface area (Å²) in [7, 11) is 0. The van der Waals surface area contributed by atoms with Crippen molar-refractivity contribution in [1.82, 2.24) is 0 Å². The first-order valence-electron chi connectivity index (χ1n) is 5.79. The summed E-state index contributed by atoms with van der Waals surface area (Å²) in [6.45, 7) is 1.85. The van der Waals surface area contributed by atoms with Gasteiger partial charge in [0.15, 0.2) is 0 Å². The van der Waals surface area contributed by atoms with Crippen LogP contribution in [-0.2, 0) is 15.3 Å². The highest BCUT2D eigenvalue weighted by molar-refractivity contribution is 7.99. The van der Waals surface area contributed by atoms with Gasteiger partial charge in [0.1, 0.15) is 12.4 Å². The van der Waals surface area contributed by atoms with Gasteiger partial charge in [-0.2, -0.15) is 0 Å². The van der Waals surface area contributed by atoms with E-state index in [9.17, 15) is 9.18 Å². The van der Waals surface area contributed by atoms with E-state index in [1.54, 1.807) is 19.1 Å². The van der Waals surface area contributed by atoms with Gasteiger partial charge in [-0.3, -0.25) is 4.79 Å². The molecule has 0 saturated heterocycles. The molecule has 0 heterocycles. The van der Waals surface area contributed by atoms with E-state index in [0.717, 1.165) is 0 Å². The lowest BCUT2D eigenvalue weighted by molar-refractivity contribution is -0.139. The van der Waals surface area contributed by atoms with Gasteiger partial charge in [-0.15, -0.1) is 11.8 Å². The average Bonchev–Trinajstić information content (AvgIpc) is 2.39. The van der Waals surface area contributed by atoms with Crippen LogP contribution in [0.4, 0.5) is 4.39 Å². The van der Waals surface area contributed by atoms with Gasteiger partial charge >= 0.3 is 5.97 Å². The van der Waals surface area contributed by atoms with Crippen molar-refractivity contribution in [2.45, 2.75) is 12.7 Å². The third-order valence-electron chi connectivity index (χ3n) is 2.15. The van der Waals surface area contributed by atoms with E-state index in [1.165, 1.54) is 17.8 Å². The summed E-state index contributed by atoms with van der Waals surface area (Å²) >= 11 is 1.30. The predicted octanol–water partition coefficient (Wildman–Crippen LogP) is 1.97. The number of hydrogen-bond donors (Lipinski definition) is 1. The first-order valence-corrected chi connectivity index (χ1v) is 6.94. The molecule has 1 aromatic carbocycles. The van der Waals surface area contributed by atoms with Gasteiger partial charge in [0.25, 0.3) is 0 Å². The van der Waals surface area contributed by atoms with E-state index in [2.05, 4.69) is 11.8 Å². The maximum absolute atomic E-state index is 13.7. The Labute approximate surface area is 116 Å². The van der Waals surface area contributed by atoms with Crippen molar-refractivity contribution < 1.29 is 19.0 Å². The van der Waals surface area contributed by atoms with Gasteiger partial charge in [-0.05, 0) is 24.6 Å². The molecule has 0 unspecified atom stereocenters. The van der Waals surface area contributed by atoms with Crippen molar-refractivity contribution in [3.8, 4) is 11.8 Å². The monoisotopic (exact) mass is 282 g/mol. The number of aliphatic hydroxyl groups is 1. The Bertz CT molecular complexity index is 491. The van der Waals surface area contributed by atoms with Crippen molar-refractivity contribution in [2.24, 2.45) is 0 Å². The lowest BCUT2D eigenvalue weighted by atomic mass is 10.1. The zero-order valence-corrected chi connectivity index (χ0v) is 11.4. The number of ether oxygens (including phenoxy) is 1. The molecule has 0 aliphatic rings. The molecule has 1 N–H and O–H groups in total. The van der Waals surface area contributed by atoms with Crippen LogP contribution in [0.25, 0.3) is 0 Å². The Morgan fingerprint density at radius 1 is 1.53 bits per heavy atom. The zero-order chi connectivity index (χ0) is 14.1. The fourth-order valence-corrected chi connectivity index (χ4v) is 2.14. The lowest BCUT2D eigenvalue weighted by Crippen LogP contribution is -2.06. The highest BCUT2D eigenvalue weighted by Gasteiger charge is 2.06. The highest BCUT2D eigenvalue weighted by Crippen LogP contribution is 2.17. The average molecular weight is 282 g/mol. The van der Waals surface area contributed by atoms with Gasteiger partial charge in [-0.25, -0.2) is 4.39 Å². The topological polar surface area (TPSA) is 46.5 Å². The van der Waals surface area contributed by atoms with E-state index in [0.29, 0.717) is 23.5 Å². The van der Waals surface area contributed by atoms with Crippen molar-refractivity contribution >= 4 is 17.7 Å². The summed E-state index contributed by atoms with van der Waals surface area (Å²) in [5.41, 5.74) is 1.04. The summed E-state index contributed by atoms with van der Waals surface area (Å²) in [5, 5.41) is 8.55. The third kappa shape index (κ3) is 5.77. The SMILES string of the molecule is CCOC(=O)CSCc1ccc(C#CCO)cc1F. The standard InChI is InChI=1S/C14H15FO3S/c1-2-18-14(17)10-19-9-12-6-5-11(4-3-7-16)8-13(12)15/h5-6,8,16H,2,7,9-10H2,1H3. The Balaban J connectivity index is 2.53. The van der Waals surface area contributed by atoms with Gasteiger partial charge in [0.2, 0.25) is 0 Å². The van der Waals surface area contributed by atoms with Crippen LogP contribution in [0.15, 0.2) is 18.2 Å². The molecule has 0 aliphatic heterocycles. The van der Waals surface area contributed by atoms with Crippen molar-refractivity contribution in [2.75, 3.05) is 19.0 Å². The van der Waals surface area contributed by atoms with Crippen LogP contribution in [0.2, 0.25) is 0 Å². The van der Waals surface area contributed by atoms with Crippen LogP contribution in [0.3, 0.4) is 0 Å². The number of carbonyl (C=O) groups is 1. The lowest BCUT2D eigenvalue weighted by Gasteiger charge is -2.04. The number of hydrogen-bond acceptors (Lipinski definition) is 4. The minimum atomic E-state index is -0.360. The highest BCUT2D eigenvalue weighted by atomic mass is 32.2. The molecule has 5 heteroatoms. The van der Waals surface area contributed by atoms with E-state index < -0.39 is 0 Å².